The zero-order valence-corrected chi connectivity index (χ0v) is 8.02. The maximum atomic E-state index is 12.7. The summed E-state index contributed by atoms with van der Waals surface area (Å²) in [4.78, 5) is 18.9. The van der Waals surface area contributed by atoms with Gasteiger partial charge in [0.2, 0.25) is 0 Å². The predicted molar refractivity (Wildman–Crippen MR) is 47.4 cm³/mol. The summed E-state index contributed by atoms with van der Waals surface area (Å²) in [7, 11) is 0. The van der Waals surface area contributed by atoms with E-state index in [1.54, 1.807) is 0 Å². The number of hydrogen-bond donors (Lipinski definition) is 0. The van der Waals surface area contributed by atoms with Gasteiger partial charge in [0.1, 0.15) is 5.82 Å². The first-order valence-corrected chi connectivity index (χ1v) is 4.00. The molecular weight excluding hydrogens is 263 g/mol. The van der Waals surface area contributed by atoms with E-state index in [1.807, 2.05) is 0 Å². The second kappa shape index (κ2) is 3.66. The minimum absolute atomic E-state index is 0.339. The Balaban J connectivity index is 3.47. The lowest BCUT2D eigenvalue weighted by Gasteiger charge is -1.97. The second-order valence-electron chi connectivity index (χ2n) is 2.27. The Labute approximate surface area is 84.8 Å². The van der Waals surface area contributed by atoms with Gasteiger partial charge < -0.3 is 0 Å². The third-order valence-corrected chi connectivity index (χ3v) is 2.20. The van der Waals surface area contributed by atoms with Crippen molar-refractivity contribution in [3.63, 3.8) is 0 Å². The van der Waals surface area contributed by atoms with Gasteiger partial charge in [-0.2, -0.15) is 0 Å². The van der Waals surface area contributed by atoms with Crippen LogP contribution in [0.3, 0.4) is 0 Å². The Morgan fingerprint density at radius 2 is 1.50 bits per heavy atom. The lowest BCUT2D eigenvalue weighted by Crippen LogP contribution is -1.96. The predicted octanol–water partition coefficient (Wildman–Crippen LogP) is 2.40. The SMILES string of the molecule is O=[N+]([O-])c1cc(F)cc([N+](=O)[O-])c1Br. The Kier molecular flexibility index (Phi) is 2.75. The highest BCUT2D eigenvalue weighted by atomic mass is 79.9. The Morgan fingerprint density at radius 1 is 1.14 bits per heavy atom. The average molecular weight is 265 g/mol. The largest absolute Gasteiger partial charge is 0.293 e. The van der Waals surface area contributed by atoms with Crippen LogP contribution >= 0.6 is 15.9 Å². The molecule has 74 valence electrons. The highest BCUT2D eigenvalue weighted by Gasteiger charge is 2.24. The summed E-state index contributed by atoms with van der Waals surface area (Å²) < 4.78 is 12.4. The van der Waals surface area contributed by atoms with Gasteiger partial charge in [-0.15, -0.1) is 0 Å². The van der Waals surface area contributed by atoms with E-state index >= 15 is 0 Å². The molecule has 0 fully saturated rings. The lowest BCUT2D eigenvalue weighted by atomic mass is 10.3. The number of nitro groups is 2. The molecule has 1 rings (SSSR count). The van der Waals surface area contributed by atoms with E-state index in [9.17, 15) is 24.6 Å². The molecule has 8 heteroatoms. The van der Waals surface area contributed by atoms with Gasteiger partial charge in [-0.05, 0) is 15.9 Å². The monoisotopic (exact) mass is 264 g/mol. The molecule has 0 spiro atoms. The van der Waals surface area contributed by atoms with E-state index in [0.717, 1.165) is 0 Å². The first-order chi connectivity index (χ1) is 6.43. The first kappa shape index (κ1) is 10.5. The number of nitro benzene ring substituents is 2. The van der Waals surface area contributed by atoms with E-state index in [4.69, 9.17) is 0 Å². The van der Waals surface area contributed by atoms with Crippen LogP contribution in [0, 0.1) is 26.0 Å². The fraction of sp³-hybridized carbons (Fsp3) is 0. The van der Waals surface area contributed by atoms with Crippen molar-refractivity contribution in [2.75, 3.05) is 0 Å². The minimum atomic E-state index is -1.02. The van der Waals surface area contributed by atoms with E-state index in [-0.39, 0.29) is 4.47 Å². The topological polar surface area (TPSA) is 86.3 Å². The van der Waals surface area contributed by atoms with Crippen molar-refractivity contribution < 1.29 is 14.2 Å². The fourth-order valence-electron chi connectivity index (χ4n) is 0.827. The Hall–Kier alpha value is -1.57. The molecule has 6 nitrogen and oxygen atoms in total. The molecule has 0 N–H and O–H groups in total. The van der Waals surface area contributed by atoms with Crippen molar-refractivity contribution in [3.05, 3.63) is 42.7 Å². The zero-order valence-electron chi connectivity index (χ0n) is 6.44. The third kappa shape index (κ3) is 1.84. The molecule has 14 heavy (non-hydrogen) atoms. The van der Waals surface area contributed by atoms with E-state index in [2.05, 4.69) is 15.9 Å². The summed E-state index contributed by atoms with van der Waals surface area (Å²) in [6, 6.07) is 1.22. The maximum absolute atomic E-state index is 12.7. The molecule has 0 aromatic heterocycles. The van der Waals surface area contributed by atoms with Crippen molar-refractivity contribution >= 4 is 27.3 Å². The third-order valence-electron chi connectivity index (χ3n) is 1.39. The number of nitrogens with zero attached hydrogens (tertiary/aromatic N) is 2. The molecule has 0 aliphatic heterocycles. The normalized spacial score (nSPS) is 9.86. The summed E-state index contributed by atoms with van der Waals surface area (Å²) >= 11 is 2.67. The minimum Gasteiger partial charge on any atom is -0.258 e. The summed E-state index contributed by atoms with van der Waals surface area (Å²) in [6.07, 6.45) is 0. The Morgan fingerprint density at radius 3 is 1.79 bits per heavy atom. The van der Waals surface area contributed by atoms with Crippen LogP contribution in [0.4, 0.5) is 15.8 Å². The molecule has 0 unspecified atom stereocenters. The van der Waals surface area contributed by atoms with Crippen molar-refractivity contribution in [1.29, 1.82) is 0 Å². The molecule has 0 bridgehead atoms. The molecule has 0 radical (unpaired) electrons. The van der Waals surface area contributed by atoms with Crippen LogP contribution in [0.5, 0.6) is 0 Å². The van der Waals surface area contributed by atoms with Gasteiger partial charge in [0.05, 0.1) is 22.0 Å². The molecule has 1 aromatic rings. The maximum Gasteiger partial charge on any atom is 0.293 e. The van der Waals surface area contributed by atoms with Crippen LogP contribution in [0.2, 0.25) is 0 Å². The number of halogens is 2. The summed E-state index contributed by atoms with van der Waals surface area (Å²) in [5.41, 5.74) is -1.34. The van der Waals surface area contributed by atoms with Crippen LogP contribution in [-0.2, 0) is 0 Å². The molecule has 0 saturated carbocycles. The molecule has 1 aromatic carbocycles. The summed E-state index contributed by atoms with van der Waals surface area (Å²) in [5.74, 6) is -1.02. The summed E-state index contributed by atoms with van der Waals surface area (Å²) in [6.45, 7) is 0. The molecule has 0 amide bonds. The molecule has 0 saturated heterocycles. The van der Waals surface area contributed by atoms with Gasteiger partial charge in [-0.1, -0.05) is 0 Å². The van der Waals surface area contributed by atoms with Gasteiger partial charge in [0.15, 0.2) is 4.47 Å². The summed E-state index contributed by atoms with van der Waals surface area (Å²) in [5, 5.41) is 20.7. The van der Waals surface area contributed by atoms with Crippen LogP contribution in [0.15, 0.2) is 16.6 Å². The molecule has 0 aliphatic carbocycles. The number of hydrogen-bond acceptors (Lipinski definition) is 4. The number of benzene rings is 1. The van der Waals surface area contributed by atoms with Gasteiger partial charge in [0, 0.05) is 0 Å². The average Bonchev–Trinajstić information content (AvgIpc) is 2.07. The van der Waals surface area contributed by atoms with Crippen molar-refractivity contribution in [2.45, 2.75) is 0 Å². The van der Waals surface area contributed by atoms with Crippen LogP contribution in [-0.4, -0.2) is 9.85 Å². The second-order valence-corrected chi connectivity index (χ2v) is 3.07. The number of rotatable bonds is 2. The molecule has 0 heterocycles. The fourth-order valence-corrected chi connectivity index (χ4v) is 1.35. The Bertz CT molecular complexity index is 387. The van der Waals surface area contributed by atoms with Gasteiger partial charge in [-0.3, -0.25) is 20.2 Å². The molecule has 0 atom stereocenters. The van der Waals surface area contributed by atoms with Crippen molar-refractivity contribution in [1.82, 2.24) is 0 Å². The first-order valence-electron chi connectivity index (χ1n) is 3.21. The van der Waals surface area contributed by atoms with Crippen molar-refractivity contribution in [3.8, 4) is 0 Å². The lowest BCUT2D eigenvalue weighted by molar-refractivity contribution is -0.396. The molecule has 0 aliphatic rings. The van der Waals surface area contributed by atoms with Crippen molar-refractivity contribution in [2.24, 2.45) is 0 Å². The standard InChI is InChI=1S/C6H2BrFN2O4/c7-6-4(9(11)12)1-3(8)2-5(6)10(13)14/h1-2H. The van der Waals surface area contributed by atoms with Crippen LogP contribution in [0.25, 0.3) is 0 Å². The van der Waals surface area contributed by atoms with Gasteiger partial charge >= 0.3 is 0 Å². The van der Waals surface area contributed by atoms with Crippen LogP contribution in [0.1, 0.15) is 0 Å². The quantitative estimate of drug-likeness (QED) is 0.606. The van der Waals surface area contributed by atoms with Crippen LogP contribution < -0.4 is 0 Å². The van der Waals surface area contributed by atoms with Gasteiger partial charge in [-0.25, -0.2) is 4.39 Å². The smallest absolute Gasteiger partial charge is 0.258 e. The highest BCUT2D eigenvalue weighted by Crippen LogP contribution is 2.34. The zero-order chi connectivity index (χ0) is 10.9. The van der Waals surface area contributed by atoms with E-state index < -0.39 is 27.0 Å². The van der Waals surface area contributed by atoms with E-state index in [0.29, 0.717) is 12.1 Å². The highest BCUT2D eigenvalue weighted by molar-refractivity contribution is 9.10. The van der Waals surface area contributed by atoms with E-state index in [1.165, 1.54) is 0 Å². The molecular formula is C6H2BrFN2O4. The van der Waals surface area contributed by atoms with Gasteiger partial charge in [0.25, 0.3) is 11.4 Å².